The van der Waals surface area contributed by atoms with Crippen molar-refractivity contribution in [3.05, 3.63) is 65.2 Å². The molecule has 0 aliphatic heterocycles. The second-order valence-electron chi connectivity index (χ2n) is 4.98. The summed E-state index contributed by atoms with van der Waals surface area (Å²) < 4.78 is 0. The van der Waals surface area contributed by atoms with Crippen molar-refractivity contribution in [1.82, 2.24) is 5.32 Å². The first-order valence-corrected chi connectivity index (χ1v) is 7.32. The lowest BCUT2D eigenvalue weighted by Crippen LogP contribution is -2.40. The van der Waals surface area contributed by atoms with Crippen molar-refractivity contribution in [3.63, 3.8) is 0 Å². The molecule has 0 radical (unpaired) electrons. The minimum Gasteiger partial charge on any atom is -0.383 e. The van der Waals surface area contributed by atoms with Crippen LogP contribution in [-0.2, 0) is 11.2 Å². The molecule has 110 valence electrons. The van der Waals surface area contributed by atoms with Crippen LogP contribution in [-0.4, -0.2) is 18.5 Å². The molecule has 2 N–H and O–H groups in total. The summed E-state index contributed by atoms with van der Waals surface area (Å²) >= 11 is 5.96. The van der Waals surface area contributed by atoms with Gasteiger partial charge in [-0.1, -0.05) is 48.0 Å². The molecule has 1 amide bonds. The third-order valence-electron chi connectivity index (χ3n) is 3.11. The quantitative estimate of drug-likeness (QED) is 0.857. The van der Waals surface area contributed by atoms with Crippen LogP contribution in [0.1, 0.15) is 12.5 Å². The molecule has 0 aliphatic carbocycles. The maximum Gasteiger partial charge on any atom is 0.217 e. The fourth-order valence-corrected chi connectivity index (χ4v) is 2.39. The number of benzene rings is 2. The molecule has 0 aliphatic rings. The van der Waals surface area contributed by atoms with E-state index in [1.54, 1.807) is 0 Å². The fraction of sp³-hybridized carbons (Fsp3) is 0.235. The zero-order valence-electron chi connectivity index (χ0n) is 12.0. The van der Waals surface area contributed by atoms with Gasteiger partial charge in [0.05, 0.1) is 6.04 Å². The minimum atomic E-state index is -0.0242. The molecule has 0 saturated heterocycles. The SMILES string of the molecule is CC(=O)NC(CNc1cccc(Cl)c1)Cc1ccccc1. The van der Waals surface area contributed by atoms with Gasteiger partial charge >= 0.3 is 0 Å². The zero-order chi connectivity index (χ0) is 15.1. The van der Waals surface area contributed by atoms with E-state index in [0.717, 1.165) is 12.1 Å². The second kappa shape index (κ2) is 7.70. The second-order valence-corrected chi connectivity index (χ2v) is 5.41. The summed E-state index contributed by atoms with van der Waals surface area (Å²) in [7, 11) is 0. The van der Waals surface area contributed by atoms with E-state index in [-0.39, 0.29) is 11.9 Å². The van der Waals surface area contributed by atoms with E-state index in [2.05, 4.69) is 22.8 Å². The Morgan fingerprint density at radius 2 is 1.90 bits per heavy atom. The number of rotatable bonds is 6. The van der Waals surface area contributed by atoms with E-state index in [9.17, 15) is 4.79 Å². The molecule has 0 saturated carbocycles. The van der Waals surface area contributed by atoms with Gasteiger partial charge in [0, 0.05) is 24.2 Å². The molecule has 4 heteroatoms. The van der Waals surface area contributed by atoms with Crippen molar-refractivity contribution < 1.29 is 4.79 Å². The summed E-state index contributed by atoms with van der Waals surface area (Å²) in [6, 6.07) is 17.7. The highest BCUT2D eigenvalue weighted by Gasteiger charge is 2.10. The summed E-state index contributed by atoms with van der Waals surface area (Å²) in [5.41, 5.74) is 2.15. The Labute approximate surface area is 130 Å². The van der Waals surface area contributed by atoms with Crippen LogP contribution < -0.4 is 10.6 Å². The molecular weight excluding hydrogens is 284 g/mol. The number of nitrogens with one attached hydrogen (secondary N) is 2. The average molecular weight is 303 g/mol. The van der Waals surface area contributed by atoms with Crippen LogP contribution in [0.2, 0.25) is 5.02 Å². The number of carbonyl (C=O) groups is 1. The maximum absolute atomic E-state index is 11.3. The number of amides is 1. The summed E-state index contributed by atoms with van der Waals surface area (Å²) in [5, 5.41) is 6.98. The van der Waals surface area contributed by atoms with Crippen LogP contribution in [0, 0.1) is 0 Å². The van der Waals surface area contributed by atoms with Gasteiger partial charge in [0.2, 0.25) is 5.91 Å². The van der Waals surface area contributed by atoms with Gasteiger partial charge in [-0.05, 0) is 30.2 Å². The Morgan fingerprint density at radius 3 is 2.57 bits per heavy atom. The van der Waals surface area contributed by atoms with Crippen molar-refractivity contribution in [2.24, 2.45) is 0 Å². The molecule has 0 heterocycles. The number of hydrogen-bond acceptors (Lipinski definition) is 2. The van der Waals surface area contributed by atoms with Crippen LogP contribution in [0.3, 0.4) is 0 Å². The van der Waals surface area contributed by atoms with E-state index in [1.165, 1.54) is 12.5 Å². The Kier molecular flexibility index (Phi) is 5.64. The highest BCUT2D eigenvalue weighted by Crippen LogP contribution is 2.15. The van der Waals surface area contributed by atoms with Gasteiger partial charge in [-0.3, -0.25) is 4.79 Å². The highest BCUT2D eigenvalue weighted by atomic mass is 35.5. The Bertz CT molecular complexity index is 586. The van der Waals surface area contributed by atoms with E-state index in [4.69, 9.17) is 11.6 Å². The fourth-order valence-electron chi connectivity index (χ4n) is 2.20. The van der Waals surface area contributed by atoms with Crippen LogP contribution in [0.15, 0.2) is 54.6 Å². The van der Waals surface area contributed by atoms with Gasteiger partial charge in [-0.25, -0.2) is 0 Å². The lowest BCUT2D eigenvalue weighted by atomic mass is 10.1. The van der Waals surface area contributed by atoms with Crippen molar-refractivity contribution in [2.75, 3.05) is 11.9 Å². The number of halogens is 1. The molecule has 1 unspecified atom stereocenters. The van der Waals surface area contributed by atoms with E-state index in [1.807, 2.05) is 42.5 Å². The Balaban J connectivity index is 1.97. The molecule has 0 spiro atoms. The number of anilines is 1. The summed E-state index contributed by atoms with van der Waals surface area (Å²) in [4.78, 5) is 11.3. The van der Waals surface area contributed by atoms with Gasteiger partial charge < -0.3 is 10.6 Å². The summed E-state index contributed by atoms with van der Waals surface area (Å²) in [5.74, 6) is -0.0242. The minimum absolute atomic E-state index is 0.0242. The van der Waals surface area contributed by atoms with Gasteiger partial charge in [-0.15, -0.1) is 0 Å². The topological polar surface area (TPSA) is 41.1 Å². The monoisotopic (exact) mass is 302 g/mol. The predicted molar refractivity (Wildman–Crippen MR) is 87.7 cm³/mol. The number of hydrogen-bond donors (Lipinski definition) is 2. The average Bonchev–Trinajstić information content (AvgIpc) is 2.45. The first-order valence-electron chi connectivity index (χ1n) is 6.94. The molecule has 2 aromatic rings. The normalized spacial score (nSPS) is 11.7. The van der Waals surface area contributed by atoms with Crippen molar-refractivity contribution in [1.29, 1.82) is 0 Å². The lowest BCUT2D eigenvalue weighted by molar-refractivity contribution is -0.119. The van der Waals surface area contributed by atoms with Crippen molar-refractivity contribution >= 4 is 23.2 Å². The molecule has 3 nitrogen and oxygen atoms in total. The largest absolute Gasteiger partial charge is 0.383 e. The van der Waals surface area contributed by atoms with Gasteiger partial charge in [0.1, 0.15) is 0 Å². The first-order chi connectivity index (χ1) is 10.1. The molecule has 2 aromatic carbocycles. The van der Waals surface area contributed by atoms with Gasteiger partial charge in [-0.2, -0.15) is 0 Å². The zero-order valence-corrected chi connectivity index (χ0v) is 12.7. The van der Waals surface area contributed by atoms with Crippen LogP contribution in [0.25, 0.3) is 0 Å². The van der Waals surface area contributed by atoms with Crippen LogP contribution >= 0.6 is 11.6 Å². The summed E-state index contributed by atoms with van der Waals surface area (Å²) in [6.07, 6.45) is 0.786. The van der Waals surface area contributed by atoms with E-state index < -0.39 is 0 Å². The van der Waals surface area contributed by atoms with Crippen molar-refractivity contribution in [3.8, 4) is 0 Å². The maximum atomic E-state index is 11.3. The van der Waals surface area contributed by atoms with Crippen LogP contribution in [0.5, 0.6) is 0 Å². The van der Waals surface area contributed by atoms with Crippen molar-refractivity contribution in [2.45, 2.75) is 19.4 Å². The Hall–Kier alpha value is -2.00. The lowest BCUT2D eigenvalue weighted by Gasteiger charge is -2.19. The Morgan fingerprint density at radius 1 is 1.14 bits per heavy atom. The van der Waals surface area contributed by atoms with Crippen LogP contribution in [0.4, 0.5) is 5.69 Å². The first kappa shape index (κ1) is 15.4. The molecule has 0 aromatic heterocycles. The molecule has 21 heavy (non-hydrogen) atoms. The highest BCUT2D eigenvalue weighted by molar-refractivity contribution is 6.30. The molecule has 1 atom stereocenters. The van der Waals surface area contributed by atoms with Gasteiger partial charge in [0.15, 0.2) is 0 Å². The molecule has 2 rings (SSSR count). The standard InChI is InChI=1S/C17H19ClN2O/c1-13(21)20-17(10-14-6-3-2-4-7-14)12-19-16-9-5-8-15(18)11-16/h2-9,11,17,19H,10,12H2,1H3,(H,20,21). The van der Waals surface area contributed by atoms with E-state index in [0.29, 0.717) is 11.6 Å². The predicted octanol–water partition coefficient (Wildman–Crippen LogP) is 3.50. The summed E-state index contributed by atoms with van der Waals surface area (Å²) in [6.45, 7) is 2.19. The third-order valence-corrected chi connectivity index (χ3v) is 3.34. The van der Waals surface area contributed by atoms with E-state index >= 15 is 0 Å². The third kappa shape index (κ3) is 5.48. The van der Waals surface area contributed by atoms with Gasteiger partial charge in [0.25, 0.3) is 0 Å². The number of carbonyl (C=O) groups excluding carboxylic acids is 1. The molecular formula is C17H19ClN2O. The molecule has 0 fully saturated rings. The molecule has 0 bridgehead atoms. The smallest absolute Gasteiger partial charge is 0.217 e.